The van der Waals surface area contributed by atoms with Crippen LogP contribution >= 0.6 is 0 Å². The van der Waals surface area contributed by atoms with E-state index < -0.39 is 0 Å². The molecule has 0 bridgehead atoms. The Morgan fingerprint density at radius 3 is 2.77 bits per heavy atom. The van der Waals surface area contributed by atoms with Crippen LogP contribution in [0.5, 0.6) is 0 Å². The van der Waals surface area contributed by atoms with Crippen molar-refractivity contribution < 1.29 is 4.79 Å². The highest BCUT2D eigenvalue weighted by Gasteiger charge is 2.32. The molecule has 0 aromatic rings. The number of hydrogen-bond acceptors (Lipinski definition) is 1. The lowest BCUT2D eigenvalue weighted by Gasteiger charge is -2.18. The Balaban J connectivity index is 2.35. The predicted octanol–water partition coefficient (Wildman–Crippen LogP) is 3.02. The molecule has 13 heavy (non-hydrogen) atoms. The average Bonchev–Trinajstić information content (AvgIpc) is 2.45. The first-order valence-corrected chi connectivity index (χ1v) is 5.12. The third-order valence-corrected chi connectivity index (χ3v) is 3.11. The summed E-state index contributed by atoms with van der Waals surface area (Å²) < 4.78 is 0. The van der Waals surface area contributed by atoms with E-state index in [0.717, 1.165) is 18.4 Å². The molecule has 1 atom stereocenters. The van der Waals surface area contributed by atoms with Crippen molar-refractivity contribution in [2.75, 3.05) is 0 Å². The number of ketones is 1. The third-order valence-electron chi connectivity index (χ3n) is 3.11. The summed E-state index contributed by atoms with van der Waals surface area (Å²) in [5, 5.41) is 0. The van der Waals surface area contributed by atoms with Crippen LogP contribution in [0.2, 0.25) is 0 Å². The van der Waals surface area contributed by atoms with Gasteiger partial charge in [0.15, 0.2) is 5.78 Å². The van der Waals surface area contributed by atoms with Crippen LogP contribution in [0.4, 0.5) is 0 Å². The second-order valence-corrected chi connectivity index (χ2v) is 4.30. The van der Waals surface area contributed by atoms with E-state index >= 15 is 0 Å². The highest BCUT2D eigenvalue weighted by molar-refractivity contribution is 6.05. The van der Waals surface area contributed by atoms with Crippen LogP contribution in [0.25, 0.3) is 0 Å². The van der Waals surface area contributed by atoms with Crippen molar-refractivity contribution in [1.29, 1.82) is 0 Å². The highest BCUT2D eigenvalue weighted by Crippen LogP contribution is 2.38. The Morgan fingerprint density at radius 1 is 1.38 bits per heavy atom. The fourth-order valence-electron chi connectivity index (χ4n) is 2.34. The molecule has 70 valence electrons. The monoisotopic (exact) mass is 176 g/mol. The van der Waals surface area contributed by atoms with E-state index in [0.29, 0.717) is 5.78 Å². The molecule has 0 N–H and O–H groups in total. The van der Waals surface area contributed by atoms with Crippen LogP contribution in [0.3, 0.4) is 0 Å². The van der Waals surface area contributed by atoms with E-state index in [-0.39, 0.29) is 5.92 Å². The zero-order valence-electron chi connectivity index (χ0n) is 8.39. The van der Waals surface area contributed by atoms with Gasteiger partial charge in [0.1, 0.15) is 0 Å². The summed E-state index contributed by atoms with van der Waals surface area (Å²) in [5.74, 6) is 0.647. The van der Waals surface area contributed by atoms with E-state index in [1.165, 1.54) is 24.0 Å². The van der Waals surface area contributed by atoms with E-state index in [2.05, 4.69) is 6.08 Å². The lowest BCUT2D eigenvalue weighted by Crippen LogP contribution is -2.15. The van der Waals surface area contributed by atoms with Crippen LogP contribution in [-0.2, 0) is 4.79 Å². The zero-order valence-corrected chi connectivity index (χ0v) is 8.39. The highest BCUT2D eigenvalue weighted by atomic mass is 16.1. The quantitative estimate of drug-likeness (QED) is 0.518. The maximum absolute atomic E-state index is 11.9. The minimum Gasteiger partial charge on any atom is -0.294 e. The zero-order chi connectivity index (χ0) is 9.42. The van der Waals surface area contributed by atoms with Crippen molar-refractivity contribution in [1.82, 2.24) is 0 Å². The number of hydrogen-bond donors (Lipinski definition) is 0. The minimum absolute atomic E-state index is 0.263. The van der Waals surface area contributed by atoms with Crippen molar-refractivity contribution in [3.63, 3.8) is 0 Å². The number of rotatable bonds is 0. The second kappa shape index (κ2) is 3.13. The fraction of sp³-hybridized carbons (Fsp3) is 0.583. The molecule has 1 saturated carbocycles. The van der Waals surface area contributed by atoms with Gasteiger partial charge in [-0.2, -0.15) is 0 Å². The Labute approximate surface area is 79.5 Å². The Morgan fingerprint density at radius 2 is 2.15 bits per heavy atom. The van der Waals surface area contributed by atoms with Crippen LogP contribution in [-0.4, -0.2) is 5.78 Å². The van der Waals surface area contributed by atoms with Crippen LogP contribution in [0.1, 0.15) is 39.5 Å². The van der Waals surface area contributed by atoms with E-state index in [1.807, 2.05) is 13.8 Å². The van der Waals surface area contributed by atoms with Crippen molar-refractivity contribution in [3.8, 4) is 0 Å². The van der Waals surface area contributed by atoms with Crippen LogP contribution < -0.4 is 0 Å². The number of carbonyl (C=O) groups excluding carboxylic acids is 1. The summed E-state index contributed by atoms with van der Waals surface area (Å²) >= 11 is 0. The van der Waals surface area contributed by atoms with Gasteiger partial charge in [-0.25, -0.2) is 0 Å². The van der Waals surface area contributed by atoms with Crippen molar-refractivity contribution in [3.05, 3.63) is 22.8 Å². The number of carbonyl (C=O) groups is 1. The molecule has 1 unspecified atom stereocenters. The van der Waals surface area contributed by atoms with Gasteiger partial charge in [-0.15, -0.1) is 0 Å². The smallest absolute Gasteiger partial charge is 0.169 e. The molecule has 2 aliphatic rings. The molecule has 0 amide bonds. The lowest BCUT2D eigenvalue weighted by molar-refractivity contribution is -0.117. The van der Waals surface area contributed by atoms with Crippen molar-refractivity contribution >= 4 is 5.78 Å². The van der Waals surface area contributed by atoms with E-state index in [9.17, 15) is 4.79 Å². The van der Waals surface area contributed by atoms with Gasteiger partial charge in [-0.3, -0.25) is 4.79 Å². The molecule has 0 spiro atoms. The van der Waals surface area contributed by atoms with Gasteiger partial charge in [0.25, 0.3) is 0 Å². The Bertz CT molecular complexity index is 303. The van der Waals surface area contributed by atoms with Gasteiger partial charge in [0.05, 0.1) is 0 Å². The summed E-state index contributed by atoms with van der Waals surface area (Å²) in [7, 11) is 0. The molecule has 1 fully saturated rings. The summed E-state index contributed by atoms with van der Waals surface area (Å²) in [6.07, 6.45) is 6.87. The van der Waals surface area contributed by atoms with Crippen molar-refractivity contribution in [2.45, 2.75) is 39.5 Å². The molecule has 0 aliphatic heterocycles. The Hall–Kier alpha value is -0.850. The van der Waals surface area contributed by atoms with Gasteiger partial charge in [-0.1, -0.05) is 23.6 Å². The van der Waals surface area contributed by atoms with E-state index in [1.54, 1.807) is 0 Å². The molecular formula is C12H16O. The standard InChI is InChI=1S/C12H16O/c1-8(2)11-7-9-5-3-4-6-10(9)12(11)13/h7,10H,3-6H2,1-2H3. The molecule has 0 heterocycles. The van der Waals surface area contributed by atoms with Gasteiger partial charge in [0.2, 0.25) is 0 Å². The SMILES string of the molecule is CC(C)=C1C=C2CCCCC2C1=O. The normalized spacial score (nSPS) is 27.2. The predicted molar refractivity (Wildman–Crippen MR) is 53.4 cm³/mol. The fourth-order valence-corrected chi connectivity index (χ4v) is 2.34. The van der Waals surface area contributed by atoms with Crippen LogP contribution in [0, 0.1) is 5.92 Å². The van der Waals surface area contributed by atoms with Crippen LogP contribution in [0.15, 0.2) is 22.8 Å². The molecule has 1 nitrogen and oxygen atoms in total. The molecule has 0 aromatic carbocycles. The molecular weight excluding hydrogens is 160 g/mol. The summed E-state index contributed by atoms with van der Waals surface area (Å²) in [6.45, 7) is 4.06. The number of fused-ring (bicyclic) bond motifs is 1. The Kier molecular flexibility index (Phi) is 2.10. The van der Waals surface area contributed by atoms with Gasteiger partial charge < -0.3 is 0 Å². The first-order valence-electron chi connectivity index (χ1n) is 5.12. The average molecular weight is 176 g/mol. The lowest BCUT2D eigenvalue weighted by atomic mass is 9.85. The third kappa shape index (κ3) is 1.37. The van der Waals surface area contributed by atoms with Crippen molar-refractivity contribution in [2.24, 2.45) is 5.92 Å². The maximum Gasteiger partial charge on any atom is 0.169 e. The van der Waals surface area contributed by atoms with Gasteiger partial charge in [0, 0.05) is 11.5 Å². The largest absolute Gasteiger partial charge is 0.294 e. The first kappa shape index (κ1) is 8.74. The first-order chi connectivity index (χ1) is 6.20. The summed E-state index contributed by atoms with van der Waals surface area (Å²) in [4.78, 5) is 11.9. The molecule has 1 heteroatoms. The molecule has 0 saturated heterocycles. The number of Topliss-reactive ketones (excluding diaryl/α,β-unsaturated/α-hetero) is 1. The second-order valence-electron chi connectivity index (χ2n) is 4.30. The summed E-state index contributed by atoms with van der Waals surface area (Å²) in [5.41, 5.74) is 3.56. The topological polar surface area (TPSA) is 17.1 Å². The summed E-state index contributed by atoms with van der Waals surface area (Å²) in [6, 6.07) is 0. The molecule has 2 rings (SSSR count). The molecule has 0 aromatic heterocycles. The van der Waals surface area contributed by atoms with Gasteiger partial charge >= 0.3 is 0 Å². The van der Waals surface area contributed by atoms with Gasteiger partial charge in [-0.05, 0) is 33.1 Å². The number of allylic oxidation sites excluding steroid dienone is 4. The maximum atomic E-state index is 11.9. The van der Waals surface area contributed by atoms with E-state index in [4.69, 9.17) is 0 Å². The molecule has 2 aliphatic carbocycles. The molecule has 0 radical (unpaired) electrons. The minimum atomic E-state index is 0.263.